The highest BCUT2D eigenvalue weighted by molar-refractivity contribution is 5.91. The summed E-state index contributed by atoms with van der Waals surface area (Å²) in [4.78, 5) is 34.9. The Morgan fingerprint density at radius 1 is 1.13 bits per heavy atom. The van der Waals surface area contributed by atoms with Gasteiger partial charge >= 0.3 is 12.0 Å². The minimum Gasteiger partial charge on any atom is -0.480 e. The third-order valence-corrected chi connectivity index (χ3v) is 3.37. The van der Waals surface area contributed by atoms with Gasteiger partial charge in [0.05, 0.1) is 0 Å². The van der Waals surface area contributed by atoms with Gasteiger partial charge in [-0.15, -0.1) is 0 Å². The predicted molar refractivity (Wildman–Crippen MR) is 87.2 cm³/mol. The summed E-state index contributed by atoms with van der Waals surface area (Å²) in [5.41, 5.74) is 0.435. The maximum atomic E-state index is 11.9. The van der Waals surface area contributed by atoms with Gasteiger partial charge in [0.25, 0.3) is 0 Å². The summed E-state index contributed by atoms with van der Waals surface area (Å²) in [6.07, 6.45) is 0.415. The molecule has 3 N–H and O–H groups in total. The second kappa shape index (κ2) is 8.31. The van der Waals surface area contributed by atoms with E-state index in [1.54, 1.807) is 20.8 Å². The molecule has 1 aromatic rings. The summed E-state index contributed by atoms with van der Waals surface area (Å²) in [7, 11) is 0. The van der Waals surface area contributed by atoms with Crippen LogP contribution >= 0.6 is 0 Å². The minimum absolute atomic E-state index is 0.213. The van der Waals surface area contributed by atoms with Crippen LogP contribution in [0.4, 0.5) is 4.79 Å². The quantitative estimate of drug-likeness (QED) is 0.716. The first-order chi connectivity index (χ1) is 10.7. The Morgan fingerprint density at radius 3 is 2.26 bits per heavy atom. The van der Waals surface area contributed by atoms with E-state index in [2.05, 4.69) is 10.6 Å². The molecule has 0 heterocycles. The molecule has 0 radical (unpaired) electrons. The first-order valence-electron chi connectivity index (χ1n) is 7.54. The molecule has 1 atom stereocenters. The highest BCUT2D eigenvalue weighted by Crippen LogP contribution is 2.17. The number of Topliss-reactive ketones (excluding diaryl/α,β-unsaturated/α-hetero) is 1. The van der Waals surface area contributed by atoms with E-state index in [0.29, 0.717) is 13.0 Å². The third-order valence-electron chi connectivity index (χ3n) is 3.37. The molecule has 1 aromatic carbocycles. The number of amides is 2. The van der Waals surface area contributed by atoms with Gasteiger partial charge in [0.2, 0.25) is 0 Å². The van der Waals surface area contributed by atoms with Gasteiger partial charge in [0.1, 0.15) is 11.8 Å². The summed E-state index contributed by atoms with van der Waals surface area (Å²) in [6, 6.07) is 7.81. The number of carboxylic acid groups (broad SMARTS) is 1. The van der Waals surface area contributed by atoms with Crippen LogP contribution in [0, 0.1) is 5.41 Å². The molecule has 6 nitrogen and oxygen atoms in total. The fourth-order valence-corrected chi connectivity index (χ4v) is 1.87. The van der Waals surface area contributed by atoms with Crippen molar-refractivity contribution in [2.24, 2.45) is 5.41 Å². The molecule has 0 saturated carbocycles. The number of hydrogen-bond acceptors (Lipinski definition) is 3. The lowest BCUT2D eigenvalue weighted by Gasteiger charge is -2.20. The molecule has 1 unspecified atom stereocenters. The summed E-state index contributed by atoms with van der Waals surface area (Å²) in [5.74, 6) is -1.43. The maximum absolute atomic E-state index is 11.9. The largest absolute Gasteiger partial charge is 0.480 e. The molecule has 23 heavy (non-hydrogen) atoms. The second-order valence-electron chi connectivity index (χ2n) is 6.40. The molecule has 1 rings (SSSR count). The van der Waals surface area contributed by atoms with Crippen molar-refractivity contribution in [3.05, 3.63) is 35.9 Å². The average molecular weight is 320 g/mol. The molecule has 126 valence electrons. The van der Waals surface area contributed by atoms with Crippen LogP contribution in [0.15, 0.2) is 30.3 Å². The lowest BCUT2D eigenvalue weighted by atomic mass is 9.87. The predicted octanol–water partition coefficient (Wildman–Crippen LogP) is 1.99. The number of aliphatic carboxylic acids is 1. The Hall–Kier alpha value is -2.37. The molecular formula is C17H24N2O4. The number of hydrogen-bond donors (Lipinski definition) is 3. The summed E-state index contributed by atoms with van der Waals surface area (Å²) in [6.45, 7) is 5.53. The van der Waals surface area contributed by atoms with Gasteiger partial charge in [-0.25, -0.2) is 9.59 Å². The monoisotopic (exact) mass is 320 g/mol. The van der Waals surface area contributed by atoms with E-state index in [1.807, 2.05) is 30.3 Å². The number of carboxylic acids is 1. The molecule has 6 heteroatoms. The van der Waals surface area contributed by atoms with Crippen LogP contribution in [0.3, 0.4) is 0 Å². The van der Waals surface area contributed by atoms with Crippen LogP contribution in [0.5, 0.6) is 0 Å². The number of benzene rings is 1. The molecule has 0 spiro atoms. The fraction of sp³-hybridized carbons (Fsp3) is 0.471. The van der Waals surface area contributed by atoms with Crippen LogP contribution in [0.25, 0.3) is 0 Å². The molecule has 0 bridgehead atoms. The third kappa shape index (κ3) is 6.95. The Balaban J connectivity index is 2.45. The Bertz CT molecular complexity index is 549. The first-order valence-corrected chi connectivity index (χ1v) is 7.54. The first kappa shape index (κ1) is 18.7. The number of rotatable bonds is 7. The smallest absolute Gasteiger partial charge is 0.326 e. The van der Waals surface area contributed by atoms with Gasteiger partial charge in [-0.2, -0.15) is 0 Å². The highest BCUT2D eigenvalue weighted by Gasteiger charge is 2.29. The van der Waals surface area contributed by atoms with Gasteiger partial charge < -0.3 is 15.7 Å². The fourth-order valence-electron chi connectivity index (χ4n) is 1.87. The Labute approximate surface area is 136 Å². The number of ketones is 1. The van der Waals surface area contributed by atoms with Crippen LogP contribution in [0.2, 0.25) is 0 Å². The molecule has 2 amide bonds. The number of urea groups is 1. The van der Waals surface area contributed by atoms with Gasteiger partial charge in [-0.3, -0.25) is 4.79 Å². The number of carbonyl (C=O) groups is 3. The Kier molecular flexibility index (Phi) is 6.75. The van der Waals surface area contributed by atoms with E-state index >= 15 is 0 Å². The lowest BCUT2D eigenvalue weighted by Crippen LogP contribution is -2.48. The standard InChI is InChI=1S/C17H24N2O4/c1-17(2,3)14(20)11-13(15(21)22)19-16(23)18-10-9-12-7-5-4-6-8-12/h4-8,13H,9-11H2,1-3H3,(H,21,22)(H2,18,19,23). The van der Waals surface area contributed by atoms with Crippen molar-refractivity contribution in [1.82, 2.24) is 10.6 Å². The zero-order chi connectivity index (χ0) is 17.5. The molecule has 0 aliphatic rings. The van der Waals surface area contributed by atoms with E-state index < -0.39 is 23.5 Å². The minimum atomic E-state index is -1.22. The van der Waals surface area contributed by atoms with E-state index in [0.717, 1.165) is 5.56 Å². The van der Waals surface area contributed by atoms with Crippen molar-refractivity contribution < 1.29 is 19.5 Å². The van der Waals surface area contributed by atoms with Crippen molar-refractivity contribution in [2.45, 2.75) is 39.7 Å². The van der Waals surface area contributed by atoms with Crippen molar-refractivity contribution in [3.63, 3.8) is 0 Å². The lowest BCUT2D eigenvalue weighted by molar-refractivity contribution is -0.142. The zero-order valence-electron chi connectivity index (χ0n) is 13.8. The van der Waals surface area contributed by atoms with Gasteiger partial charge in [-0.05, 0) is 12.0 Å². The highest BCUT2D eigenvalue weighted by atomic mass is 16.4. The molecule has 0 aliphatic carbocycles. The summed E-state index contributed by atoms with van der Waals surface area (Å²) >= 11 is 0. The van der Waals surface area contributed by atoms with Crippen molar-refractivity contribution in [2.75, 3.05) is 6.54 Å². The molecule has 0 aliphatic heterocycles. The van der Waals surface area contributed by atoms with Gasteiger partial charge in [0.15, 0.2) is 0 Å². The molecule has 0 saturated heterocycles. The summed E-state index contributed by atoms with van der Waals surface area (Å²) < 4.78 is 0. The molecule has 0 aromatic heterocycles. The average Bonchev–Trinajstić information content (AvgIpc) is 2.46. The van der Waals surface area contributed by atoms with E-state index in [-0.39, 0.29) is 12.2 Å². The van der Waals surface area contributed by atoms with Crippen LogP contribution < -0.4 is 10.6 Å². The Morgan fingerprint density at radius 2 is 1.74 bits per heavy atom. The van der Waals surface area contributed by atoms with Gasteiger partial charge in [0, 0.05) is 18.4 Å². The zero-order valence-corrected chi connectivity index (χ0v) is 13.8. The molecule has 0 fully saturated rings. The van der Waals surface area contributed by atoms with Crippen molar-refractivity contribution in [3.8, 4) is 0 Å². The van der Waals surface area contributed by atoms with Crippen LogP contribution in [0.1, 0.15) is 32.8 Å². The SMILES string of the molecule is CC(C)(C)C(=O)CC(NC(=O)NCCc1ccccc1)C(=O)O. The van der Waals surface area contributed by atoms with Crippen molar-refractivity contribution >= 4 is 17.8 Å². The van der Waals surface area contributed by atoms with Crippen LogP contribution in [-0.4, -0.2) is 35.5 Å². The second-order valence-corrected chi connectivity index (χ2v) is 6.40. The maximum Gasteiger partial charge on any atom is 0.326 e. The van der Waals surface area contributed by atoms with E-state index in [1.165, 1.54) is 0 Å². The molecular weight excluding hydrogens is 296 g/mol. The van der Waals surface area contributed by atoms with Crippen LogP contribution in [-0.2, 0) is 16.0 Å². The van der Waals surface area contributed by atoms with Gasteiger partial charge in [-0.1, -0.05) is 51.1 Å². The number of nitrogens with one attached hydrogen (secondary N) is 2. The van der Waals surface area contributed by atoms with Crippen molar-refractivity contribution in [1.29, 1.82) is 0 Å². The van der Waals surface area contributed by atoms with E-state index in [4.69, 9.17) is 5.11 Å². The topological polar surface area (TPSA) is 95.5 Å². The van der Waals surface area contributed by atoms with E-state index in [9.17, 15) is 14.4 Å². The number of carbonyl (C=O) groups excluding carboxylic acids is 2. The summed E-state index contributed by atoms with van der Waals surface area (Å²) in [5, 5.41) is 14.1. The normalized spacial score (nSPS) is 12.3.